The second kappa shape index (κ2) is 7.33. The van der Waals surface area contributed by atoms with Crippen LogP contribution in [0.15, 0.2) is 58.6 Å². The number of nitriles is 1. The number of benzene rings is 2. The van der Waals surface area contributed by atoms with Crippen molar-refractivity contribution in [1.29, 1.82) is 5.26 Å². The van der Waals surface area contributed by atoms with E-state index in [0.717, 1.165) is 4.47 Å². The zero-order valence-electron chi connectivity index (χ0n) is 11.7. The lowest BCUT2D eigenvalue weighted by atomic mass is 10.1. The molecule has 0 fully saturated rings. The minimum atomic E-state index is -0.632. The van der Waals surface area contributed by atoms with Crippen molar-refractivity contribution in [2.24, 2.45) is 0 Å². The number of nitro groups is 1. The van der Waals surface area contributed by atoms with Gasteiger partial charge in [-0.15, -0.1) is 0 Å². The van der Waals surface area contributed by atoms with Crippen molar-refractivity contribution in [3.05, 3.63) is 74.3 Å². The lowest BCUT2D eigenvalue weighted by Crippen LogP contribution is -2.13. The molecule has 2 rings (SSSR count). The predicted octanol–water partition coefficient (Wildman–Crippen LogP) is 3.90. The SMILES string of the molecule is N#C/C(=C\c1cccc(Br)c1)C(=O)Nc1cccc([N+](=O)[O-])c1. The van der Waals surface area contributed by atoms with Crippen LogP contribution in [0.5, 0.6) is 0 Å². The molecule has 0 spiro atoms. The summed E-state index contributed by atoms with van der Waals surface area (Å²) < 4.78 is 0.822. The van der Waals surface area contributed by atoms with E-state index < -0.39 is 10.8 Å². The number of halogens is 1. The third-order valence-electron chi connectivity index (χ3n) is 2.84. The average Bonchev–Trinajstić information content (AvgIpc) is 2.52. The van der Waals surface area contributed by atoms with Crippen LogP contribution >= 0.6 is 15.9 Å². The fraction of sp³-hybridized carbons (Fsp3) is 0. The fourth-order valence-electron chi connectivity index (χ4n) is 1.81. The zero-order valence-corrected chi connectivity index (χ0v) is 13.3. The van der Waals surface area contributed by atoms with Gasteiger partial charge in [-0.2, -0.15) is 5.26 Å². The number of nitro benzene ring substituents is 1. The molecule has 2 aromatic rings. The number of rotatable bonds is 4. The topological polar surface area (TPSA) is 96.0 Å². The van der Waals surface area contributed by atoms with Crippen LogP contribution in [-0.4, -0.2) is 10.8 Å². The number of non-ortho nitro benzene ring substituents is 1. The van der Waals surface area contributed by atoms with Gasteiger partial charge in [0.05, 0.1) is 4.92 Å². The van der Waals surface area contributed by atoms with Gasteiger partial charge < -0.3 is 5.32 Å². The van der Waals surface area contributed by atoms with E-state index in [0.29, 0.717) is 5.56 Å². The third kappa shape index (κ3) is 4.49. The van der Waals surface area contributed by atoms with Crippen molar-refractivity contribution in [1.82, 2.24) is 0 Å². The normalized spacial score (nSPS) is 10.7. The van der Waals surface area contributed by atoms with Crippen LogP contribution in [0, 0.1) is 21.4 Å². The largest absolute Gasteiger partial charge is 0.321 e. The summed E-state index contributed by atoms with van der Waals surface area (Å²) in [6.07, 6.45) is 1.44. The first-order valence-electron chi connectivity index (χ1n) is 6.43. The number of hydrogen-bond acceptors (Lipinski definition) is 4. The number of carbonyl (C=O) groups is 1. The second-order valence-corrected chi connectivity index (χ2v) is 5.40. The van der Waals surface area contributed by atoms with Crippen molar-refractivity contribution >= 4 is 39.3 Å². The molecule has 0 bridgehead atoms. The van der Waals surface area contributed by atoms with Crippen LogP contribution in [0.1, 0.15) is 5.56 Å². The van der Waals surface area contributed by atoms with Gasteiger partial charge in [-0.3, -0.25) is 14.9 Å². The first kappa shape index (κ1) is 16.4. The summed E-state index contributed by atoms with van der Waals surface area (Å²) in [4.78, 5) is 22.3. The highest BCUT2D eigenvalue weighted by atomic mass is 79.9. The summed E-state index contributed by atoms with van der Waals surface area (Å²) in [5, 5.41) is 22.4. The Morgan fingerprint density at radius 1 is 1.26 bits per heavy atom. The van der Waals surface area contributed by atoms with E-state index in [9.17, 15) is 14.9 Å². The quantitative estimate of drug-likeness (QED) is 0.381. The summed E-state index contributed by atoms with van der Waals surface area (Å²) in [5.41, 5.74) is 0.691. The van der Waals surface area contributed by atoms with Crippen LogP contribution in [-0.2, 0) is 4.79 Å². The molecule has 0 unspecified atom stereocenters. The number of nitrogens with zero attached hydrogens (tertiary/aromatic N) is 2. The monoisotopic (exact) mass is 371 g/mol. The molecule has 1 amide bonds. The lowest BCUT2D eigenvalue weighted by molar-refractivity contribution is -0.384. The molecular formula is C16H10BrN3O3. The highest BCUT2D eigenvalue weighted by Gasteiger charge is 2.12. The van der Waals surface area contributed by atoms with E-state index in [4.69, 9.17) is 5.26 Å². The van der Waals surface area contributed by atoms with Crippen LogP contribution in [0.4, 0.5) is 11.4 Å². The molecule has 1 N–H and O–H groups in total. The molecule has 0 radical (unpaired) electrons. The van der Waals surface area contributed by atoms with Crippen LogP contribution in [0.25, 0.3) is 6.08 Å². The Morgan fingerprint density at radius 2 is 2.00 bits per heavy atom. The Morgan fingerprint density at radius 3 is 2.65 bits per heavy atom. The van der Waals surface area contributed by atoms with Gasteiger partial charge >= 0.3 is 0 Å². The summed E-state index contributed by atoms with van der Waals surface area (Å²) >= 11 is 3.31. The van der Waals surface area contributed by atoms with Crippen molar-refractivity contribution in [3.63, 3.8) is 0 Å². The summed E-state index contributed by atoms with van der Waals surface area (Å²) in [6.45, 7) is 0. The minimum absolute atomic E-state index is 0.102. The van der Waals surface area contributed by atoms with Crippen LogP contribution in [0.3, 0.4) is 0 Å². The third-order valence-corrected chi connectivity index (χ3v) is 3.33. The molecule has 0 aromatic heterocycles. The molecule has 0 aliphatic rings. The highest BCUT2D eigenvalue weighted by Crippen LogP contribution is 2.19. The Balaban J connectivity index is 2.23. The molecule has 0 saturated carbocycles. The van der Waals surface area contributed by atoms with Crippen LogP contribution < -0.4 is 5.32 Å². The van der Waals surface area contributed by atoms with Crippen molar-refractivity contribution < 1.29 is 9.72 Å². The van der Waals surface area contributed by atoms with E-state index in [-0.39, 0.29) is 16.9 Å². The summed E-state index contributed by atoms with van der Waals surface area (Å²) in [6, 6.07) is 14.5. The van der Waals surface area contributed by atoms with Gasteiger partial charge in [-0.1, -0.05) is 34.1 Å². The number of carbonyl (C=O) groups excluding carboxylic acids is 1. The van der Waals surface area contributed by atoms with E-state index >= 15 is 0 Å². The van der Waals surface area contributed by atoms with Crippen molar-refractivity contribution in [2.45, 2.75) is 0 Å². The summed E-state index contributed by atoms with van der Waals surface area (Å²) in [5.74, 6) is -0.632. The molecule has 0 aliphatic heterocycles. The molecule has 114 valence electrons. The first-order chi connectivity index (χ1) is 11.0. The zero-order chi connectivity index (χ0) is 16.8. The molecule has 0 atom stereocenters. The van der Waals surface area contributed by atoms with Gasteiger partial charge in [0.25, 0.3) is 11.6 Å². The molecule has 0 heterocycles. The minimum Gasteiger partial charge on any atom is -0.321 e. The van der Waals surface area contributed by atoms with Gasteiger partial charge in [-0.25, -0.2) is 0 Å². The van der Waals surface area contributed by atoms with Gasteiger partial charge in [0.2, 0.25) is 0 Å². The molecule has 2 aromatic carbocycles. The van der Waals surface area contributed by atoms with Crippen molar-refractivity contribution in [3.8, 4) is 6.07 Å². The highest BCUT2D eigenvalue weighted by molar-refractivity contribution is 9.10. The number of amides is 1. The van der Waals surface area contributed by atoms with Crippen molar-refractivity contribution in [2.75, 3.05) is 5.32 Å². The van der Waals surface area contributed by atoms with Gasteiger partial charge in [0.1, 0.15) is 11.6 Å². The molecule has 0 saturated heterocycles. The number of anilines is 1. The molecule has 6 nitrogen and oxygen atoms in total. The van der Waals surface area contributed by atoms with Gasteiger partial charge in [0, 0.05) is 22.3 Å². The maximum absolute atomic E-state index is 12.1. The van der Waals surface area contributed by atoms with E-state index in [1.54, 1.807) is 18.2 Å². The molecule has 0 aliphatic carbocycles. The molecular weight excluding hydrogens is 362 g/mol. The maximum atomic E-state index is 12.1. The second-order valence-electron chi connectivity index (χ2n) is 4.49. The standard InChI is InChI=1S/C16H10BrN3O3/c17-13-4-1-3-11(8-13)7-12(10-18)16(21)19-14-5-2-6-15(9-14)20(22)23/h1-9H,(H,19,21)/b12-7+. The summed E-state index contributed by atoms with van der Waals surface area (Å²) in [7, 11) is 0. The van der Waals surface area contributed by atoms with E-state index in [1.165, 1.54) is 30.3 Å². The average molecular weight is 372 g/mol. The Bertz CT molecular complexity index is 840. The van der Waals surface area contributed by atoms with E-state index in [1.807, 2.05) is 12.1 Å². The maximum Gasteiger partial charge on any atom is 0.271 e. The Hall–Kier alpha value is -2.98. The molecule has 23 heavy (non-hydrogen) atoms. The Labute approximate surface area is 140 Å². The fourth-order valence-corrected chi connectivity index (χ4v) is 2.22. The van der Waals surface area contributed by atoms with Gasteiger partial charge in [-0.05, 0) is 29.8 Å². The Kier molecular flexibility index (Phi) is 5.23. The first-order valence-corrected chi connectivity index (χ1v) is 7.22. The van der Waals surface area contributed by atoms with E-state index in [2.05, 4.69) is 21.2 Å². The molecule has 7 heteroatoms. The predicted molar refractivity (Wildman–Crippen MR) is 89.5 cm³/mol. The van der Waals surface area contributed by atoms with Crippen LogP contribution in [0.2, 0.25) is 0 Å². The smallest absolute Gasteiger partial charge is 0.271 e. The number of nitrogens with one attached hydrogen (secondary N) is 1. The number of hydrogen-bond donors (Lipinski definition) is 1. The van der Waals surface area contributed by atoms with Gasteiger partial charge in [0.15, 0.2) is 0 Å². The lowest BCUT2D eigenvalue weighted by Gasteiger charge is -2.04.